The van der Waals surface area contributed by atoms with E-state index in [1.807, 2.05) is 12.1 Å². The van der Waals surface area contributed by atoms with E-state index in [1.165, 1.54) is 0 Å². The molecule has 1 aromatic carbocycles. The highest BCUT2D eigenvalue weighted by Crippen LogP contribution is 2.22. The van der Waals surface area contributed by atoms with Gasteiger partial charge in [0.15, 0.2) is 0 Å². The lowest BCUT2D eigenvalue weighted by Gasteiger charge is -2.28. The van der Waals surface area contributed by atoms with Crippen LogP contribution in [-0.2, 0) is 10.0 Å². The molecular weight excluding hydrogens is 369 g/mol. The van der Waals surface area contributed by atoms with E-state index < -0.39 is 10.0 Å². The molecule has 1 fully saturated rings. The topological polar surface area (TPSA) is 62.3 Å². The number of halogens is 2. The summed E-state index contributed by atoms with van der Waals surface area (Å²) in [4.78, 5) is 4.42. The third-order valence-electron chi connectivity index (χ3n) is 4.12. The number of hydrogen-bond donors (Lipinski definition) is 1. The first kappa shape index (κ1) is 21.1. The molecular formula is C16H23Cl2N3O2S. The van der Waals surface area contributed by atoms with E-state index in [9.17, 15) is 8.42 Å². The van der Waals surface area contributed by atoms with Crippen LogP contribution in [0.15, 0.2) is 41.6 Å². The van der Waals surface area contributed by atoms with Crippen LogP contribution in [0, 0.1) is 5.92 Å². The summed E-state index contributed by atoms with van der Waals surface area (Å²) in [7, 11) is -3.45. The average molecular weight is 392 g/mol. The SMILES string of the molecule is CC1CCNCCN(S(=O)(=O)c2ccc3cnccc3c2)C1.Cl.Cl. The molecule has 24 heavy (non-hydrogen) atoms. The van der Waals surface area contributed by atoms with Gasteiger partial charge in [0.1, 0.15) is 0 Å². The summed E-state index contributed by atoms with van der Waals surface area (Å²) in [5, 5.41) is 5.13. The van der Waals surface area contributed by atoms with Crippen molar-refractivity contribution < 1.29 is 8.42 Å². The number of rotatable bonds is 2. The third kappa shape index (κ3) is 4.58. The minimum atomic E-state index is -3.45. The molecule has 0 aliphatic carbocycles. The maximum absolute atomic E-state index is 12.9. The molecule has 1 saturated heterocycles. The van der Waals surface area contributed by atoms with Gasteiger partial charge in [0.05, 0.1) is 4.90 Å². The Morgan fingerprint density at radius 3 is 2.75 bits per heavy atom. The Labute approximate surface area is 155 Å². The molecule has 2 heterocycles. The summed E-state index contributed by atoms with van der Waals surface area (Å²) in [5.74, 6) is 0.354. The van der Waals surface area contributed by atoms with Crippen LogP contribution in [-0.4, -0.2) is 43.9 Å². The van der Waals surface area contributed by atoms with Crippen LogP contribution >= 0.6 is 24.8 Å². The largest absolute Gasteiger partial charge is 0.315 e. The lowest BCUT2D eigenvalue weighted by molar-refractivity contribution is 0.316. The molecule has 1 aliphatic heterocycles. The molecule has 0 spiro atoms. The minimum absolute atomic E-state index is 0. The van der Waals surface area contributed by atoms with Crippen LogP contribution in [0.25, 0.3) is 10.8 Å². The zero-order valence-corrected chi connectivity index (χ0v) is 16.0. The van der Waals surface area contributed by atoms with E-state index >= 15 is 0 Å². The molecule has 0 saturated carbocycles. The van der Waals surface area contributed by atoms with Gasteiger partial charge in [-0.2, -0.15) is 4.31 Å². The van der Waals surface area contributed by atoms with Crippen LogP contribution in [0.5, 0.6) is 0 Å². The molecule has 1 unspecified atom stereocenters. The number of nitrogens with zero attached hydrogens (tertiary/aromatic N) is 2. The first-order chi connectivity index (χ1) is 10.6. The quantitative estimate of drug-likeness (QED) is 0.854. The maximum Gasteiger partial charge on any atom is 0.243 e. The number of aromatic nitrogens is 1. The van der Waals surface area contributed by atoms with Crippen molar-refractivity contribution in [3.8, 4) is 0 Å². The smallest absolute Gasteiger partial charge is 0.243 e. The summed E-state index contributed by atoms with van der Waals surface area (Å²) in [6.45, 7) is 4.85. The van der Waals surface area contributed by atoms with Crippen molar-refractivity contribution in [2.75, 3.05) is 26.2 Å². The summed E-state index contributed by atoms with van der Waals surface area (Å²) in [5.41, 5.74) is 0. The fraction of sp³-hybridized carbons (Fsp3) is 0.438. The van der Waals surface area contributed by atoms with Gasteiger partial charge in [-0.05, 0) is 42.5 Å². The zero-order chi connectivity index (χ0) is 15.6. The van der Waals surface area contributed by atoms with Crippen LogP contribution in [0.3, 0.4) is 0 Å². The van der Waals surface area contributed by atoms with Crippen molar-refractivity contribution >= 4 is 45.6 Å². The van der Waals surface area contributed by atoms with Crippen LogP contribution < -0.4 is 5.32 Å². The fourth-order valence-corrected chi connectivity index (χ4v) is 4.39. The lowest BCUT2D eigenvalue weighted by atomic mass is 10.1. The van der Waals surface area contributed by atoms with Gasteiger partial charge in [0.2, 0.25) is 10.0 Å². The van der Waals surface area contributed by atoms with Gasteiger partial charge in [0.25, 0.3) is 0 Å². The highest BCUT2D eigenvalue weighted by Gasteiger charge is 2.26. The molecule has 0 bridgehead atoms. The standard InChI is InChI=1S/C16H21N3O2S.2ClH/c1-13-4-6-17-8-9-19(12-13)22(20,21)16-3-2-15-11-18-7-5-14(15)10-16;;/h2-3,5,7,10-11,13,17H,4,6,8-9,12H2,1H3;2*1H. The Hall–Kier alpha value is -0.920. The molecule has 8 heteroatoms. The number of hydrogen-bond acceptors (Lipinski definition) is 4. The van der Waals surface area contributed by atoms with E-state index in [0.29, 0.717) is 30.4 Å². The first-order valence-corrected chi connectivity index (χ1v) is 9.06. The molecule has 1 aliphatic rings. The average Bonchev–Trinajstić information content (AvgIpc) is 2.50. The van der Waals surface area contributed by atoms with Crippen molar-refractivity contribution in [3.05, 3.63) is 36.7 Å². The van der Waals surface area contributed by atoms with Gasteiger partial charge in [-0.3, -0.25) is 4.98 Å². The summed E-state index contributed by atoms with van der Waals surface area (Å²) >= 11 is 0. The van der Waals surface area contributed by atoms with Crippen molar-refractivity contribution in [1.82, 2.24) is 14.6 Å². The van der Waals surface area contributed by atoms with E-state index in [2.05, 4.69) is 17.2 Å². The molecule has 1 N–H and O–H groups in total. The van der Waals surface area contributed by atoms with Gasteiger partial charge in [0, 0.05) is 37.4 Å². The van der Waals surface area contributed by atoms with Crippen molar-refractivity contribution in [2.45, 2.75) is 18.2 Å². The van der Waals surface area contributed by atoms with Gasteiger partial charge >= 0.3 is 0 Å². The Balaban J connectivity index is 0.00000144. The van der Waals surface area contributed by atoms with Crippen LogP contribution in [0.4, 0.5) is 0 Å². The number of sulfonamides is 1. The highest BCUT2D eigenvalue weighted by atomic mass is 35.5. The Kier molecular flexibility index (Phi) is 7.89. The van der Waals surface area contributed by atoms with Gasteiger partial charge in [-0.1, -0.05) is 13.0 Å². The summed E-state index contributed by atoms with van der Waals surface area (Å²) < 4.78 is 27.5. The molecule has 5 nitrogen and oxygen atoms in total. The third-order valence-corrected chi connectivity index (χ3v) is 5.98. The summed E-state index contributed by atoms with van der Waals surface area (Å²) in [6.07, 6.45) is 4.42. The Morgan fingerprint density at radius 2 is 1.96 bits per heavy atom. The van der Waals surface area contributed by atoms with Gasteiger partial charge in [-0.25, -0.2) is 8.42 Å². The maximum atomic E-state index is 12.9. The molecule has 1 atom stereocenters. The molecule has 0 amide bonds. The predicted molar refractivity (Wildman–Crippen MR) is 102 cm³/mol. The normalized spacial score (nSPS) is 19.6. The molecule has 134 valence electrons. The van der Waals surface area contributed by atoms with Crippen molar-refractivity contribution in [2.24, 2.45) is 5.92 Å². The molecule has 1 aromatic heterocycles. The van der Waals surface area contributed by atoms with E-state index in [1.54, 1.807) is 28.8 Å². The molecule has 3 rings (SSSR count). The number of nitrogens with one attached hydrogen (secondary N) is 1. The van der Waals surface area contributed by atoms with E-state index in [-0.39, 0.29) is 24.8 Å². The van der Waals surface area contributed by atoms with E-state index in [0.717, 1.165) is 23.7 Å². The van der Waals surface area contributed by atoms with Gasteiger partial charge < -0.3 is 5.32 Å². The summed E-state index contributed by atoms with van der Waals surface area (Å²) in [6, 6.07) is 7.08. The highest BCUT2D eigenvalue weighted by molar-refractivity contribution is 7.89. The Bertz CT molecular complexity index is 771. The second-order valence-electron chi connectivity index (χ2n) is 5.89. The van der Waals surface area contributed by atoms with Crippen molar-refractivity contribution in [3.63, 3.8) is 0 Å². The number of pyridine rings is 1. The predicted octanol–water partition coefficient (Wildman–Crippen LogP) is 2.70. The Morgan fingerprint density at radius 1 is 1.17 bits per heavy atom. The second-order valence-corrected chi connectivity index (χ2v) is 7.83. The molecule has 2 aromatic rings. The fourth-order valence-electron chi connectivity index (χ4n) is 2.80. The van der Waals surface area contributed by atoms with Gasteiger partial charge in [-0.15, -0.1) is 24.8 Å². The first-order valence-electron chi connectivity index (χ1n) is 7.62. The second kappa shape index (κ2) is 8.97. The van der Waals surface area contributed by atoms with Crippen LogP contribution in [0.1, 0.15) is 13.3 Å². The number of benzene rings is 1. The lowest BCUT2D eigenvalue weighted by Crippen LogP contribution is -2.42. The van der Waals surface area contributed by atoms with Crippen LogP contribution in [0.2, 0.25) is 0 Å². The monoisotopic (exact) mass is 391 g/mol. The minimum Gasteiger partial charge on any atom is -0.315 e. The molecule has 0 radical (unpaired) electrons. The zero-order valence-electron chi connectivity index (χ0n) is 13.5. The number of fused-ring (bicyclic) bond motifs is 1. The van der Waals surface area contributed by atoms with Crippen molar-refractivity contribution in [1.29, 1.82) is 0 Å². The van der Waals surface area contributed by atoms with E-state index in [4.69, 9.17) is 0 Å².